The summed E-state index contributed by atoms with van der Waals surface area (Å²) in [6.07, 6.45) is -3.13. The molecular formula is C15H20F2N2O2. The lowest BCUT2D eigenvalue weighted by Gasteiger charge is -2.24. The number of halogens is 2. The largest absolute Gasteiger partial charge is 0.444 e. The lowest BCUT2D eigenvalue weighted by molar-refractivity contribution is 0.0240. The Bertz CT molecular complexity index is 580. The molecule has 0 atom stereocenters. The third kappa shape index (κ3) is 3.14. The molecule has 0 fully saturated rings. The van der Waals surface area contributed by atoms with Gasteiger partial charge in [-0.3, -0.25) is 9.88 Å². The SMILES string of the molecule is Cc1nc(C(F)F)c2c(c1C)CN(C(=O)OC(C)(C)C)C2. The van der Waals surface area contributed by atoms with E-state index in [0.717, 1.165) is 11.1 Å². The standard InChI is InChI=1S/C15H20F2N2O2/c1-8-9(2)18-12(13(16)17)11-7-19(6-10(8)11)14(20)21-15(3,4)5/h13H,6-7H2,1-5H3. The smallest absolute Gasteiger partial charge is 0.410 e. The molecule has 0 spiro atoms. The van der Waals surface area contributed by atoms with Gasteiger partial charge in [0.25, 0.3) is 6.43 Å². The number of aromatic nitrogens is 1. The van der Waals surface area contributed by atoms with Crippen LogP contribution in [0.4, 0.5) is 13.6 Å². The topological polar surface area (TPSA) is 42.4 Å². The molecule has 1 aromatic heterocycles. The van der Waals surface area contributed by atoms with E-state index in [0.29, 0.717) is 17.8 Å². The van der Waals surface area contributed by atoms with Gasteiger partial charge in [0, 0.05) is 11.3 Å². The molecule has 0 radical (unpaired) electrons. The zero-order valence-electron chi connectivity index (χ0n) is 13.0. The molecule has 6 heteroatoms. The molecule has 1 aromatic rings. The first-order chi connectivity index (χ1) is 9.60. The van der Waals surface area contributed by atoms with Crippen LogP contribution >= 0.6 is 0 Å². The number of ether oxygens (including phenoxy) is 1. The average molecular weight is 298 g/mol. The number of nitrogens with zero attached hydrogens (tertiary/aromatic N) is 2. The van der Waals surface area contributed by atoms with Crippen LogP contribution in [0.5, 0.6) is 0 Å². The third-order valence-electron chi connectivity index (χ3n) is 3.51. The first-order valence-electron chi connectivity index (χ1n) is 6.85. The number of hydrogen-bond acceptors (Lipinski definition) is 3. The Labute approximate surface area is 123 Å². The number of fused-ring (bicyclic) bond motifs is 1. The van der Waals surface area contributed by atoms with Crippen molar-refractivity contribution >= 4 is 6.09 Å². The van der Waals surface area contributed by atoms with Crippen LogP contribution in [0.25, 0.3) is 0 Å². The summed E-state index contributed by atoms with van der Waals surface area (Å²) in [7, 11) is 0. The van der Waals surface area contributed by atoms with E-state index < -0.39 is 18.1 Å². The second-order valence-corrected chi connectivity index (χ2v) is 6.30. The van der Waals surface area contributed by atoms with Gasteiger partial charge in [-0.2, -0.15) is 0 Å². The maximum Gasteiger partial charge on any atom is 0.410 e. The molecule has 1 aliphatic rings. The van der Waals surface area contributed by atoms with Crippen molar-refractivity contribution in [1.82, 2.24) is 9.88 Å². The molecule has 0 N–H and O–H groups in total. The summed E-state index contributed by atoms with van der Waals surface area (Å²) in [4.78, 5) is 17.5. The van der Waals surface area contributed by atoms with E-state index in [1.54, 1.807) is 27.7 Å². The van der Waals surface area contributed by atoms with Crippen LogP contribution in [-0.4, -0.2) is 21.6 Å². The summed E-state index contributed by atoms with van der Waals surface area (Å²) in [5, 5.41) is 0. The molecule has 4 nitrogen and oxygen atoms in total. The summed E-state index contributed by atoms with van der Waals surface area (Å²) < 4.78 is 31.6. The Morgan fingerprint density at radius 2 is 1.81 bits per heavy atom. The molecule has 116 valence electrons. The van der Waals surface area contributed by atoms with E-state index in [1.165, 1.54) is 4.90 Å². The second-order valence-electron chi connectivity index (χ2n) is 6.30. The van der Waals surface area contributed by atoms with Gasteiger partial charge >= 0.3 is 6.09 Å². The van der Waals surface area contributed by atoms with Gasteiger partial charge in [-0.25, -0.2) is 13.6 Å². The molecule has 2 rings (SSSR count). The van der Waals surface area contributed by atoms with Gasteiger partial charge in [-0.05, 0) is 45.7 Å². The zero-order chi connectivity index (χ0) is 15.9. The van der Waals surface area contributed by atoms with Crippen LogP contribution in [0.1, 0.15) is 55.3 Å². The number of aryl methyl sites for hydroxylation is 1. The normalized spacial score (nSPS) is 14.6. The highest BCUT2D eigenvalue weighted by molar-refractivity contribution is 5.69. The first kappa shape index (κ1) is 15.7. The summed E-state index contributed by atoms with van der Waals surface area (Å²) in [6, 6.07) is 0. The van der Waals surface area contributed by atoms with Crippen LogP contribution in [0.3, 0.4) is 0 Å². The quantitative estimate of drug-likeness (QED) is 0.790. The minimum absolute atomic E-state index is 0.123. The number of hydrogen-bond donors (Lipinski definition) is 0. The van der Waals surface area contributed by atoms with Gasteiger partial charge in [0.15, 0.2) is 0 Å². The van der Waals surface area contributed by atoms with E-state index in [-0.39, 0.29) is 12.2 Å². The van der Waals surface area contributed by atoms with Gasteiger partial charge in [0.1, 0.15) is 11.3 Å². The molecule has 1 aliphatic heterocycles. The van der Waals surface area contributed by atoms with Crippen molar-refractivity contribution < 1.29 is 18.3 Å². The Balaban J connectivity index is 2.32. The maximum atomic E-state index is 13.1. The number of carbonyl (C=O) groups excluding carboxylic acids is 1. The Morgan fingerprint density at radius 1 is 1.24 bits per heavy atom. The molecule has 0 unspecified atom stereocenters. The van der Waals surface area contributed by atoms with Crippen molar-refractivity contribution in [2.45, 2.75) is 59.7 Å². The number of rotatable bonds is 1. The van der Waals surface area contributed by atoms with Crippen molar-refractivity contribution in [3.63, 3.8) is 0 Å². The molecule has 1 amide bonds. The lowest BCUT2D eigenvalue weighted by atomic mass is 10.0. The molecule has 0 saturated carbocycles. The van der Waals surface area contributed by atoms with Crippen LogP contribution in [0, 0.1) is 13.8 Å². The Hall–Kier alpha value is -1.72. The fourth-order valence-electron chi connectivity index (χ4n) is 2.40. The highest BCUT2D eigenvalue weighted by atomic mass is 19.3. The third-order valence-corrected chi connectivity index (χ3v) is 3.51. The van der Waals surface area contributed by atoms with Gasteiger partial charge in [0.2, 0.25) is 0 Å². The minimum atomic E-state index is -2.64. The molecular weight excluding hydrogens is 278 g/mol. The maximum absolute atomic E-state index is 13.1. The summed E-state index contributed by atoms with van der Waals surface area (Å²) in [5.74, 6) is 0. The second kappa shape index (κ2) is 5.24. The predicted molar refractivity (Wildman–Crippen MR) is 74.1 cm³/mol. The number of carbonyl (C=O) groups is 1. The fourth-order valence-corrected chi connectivity index (χ4v) is 2.40. The highest BCUT2D eigenvalue weighted by Gasteiger charge is 2.33. The molecule has 0 aliphatic carbocycles. The molecule has 0 aromatic carbocycles. The van der Waals surface area contributed by atoms with Gasteiger partial charge in [0.05, 0.1) is 13.1 Å². The van der Waals surface area contributed by atoms with E-state index in [4.69, 9.17) is 4.74 Å². The van der Waals surface area contributed by atoms with Gasteiger partial charge in [-0.15, -0.1) is 0 Å². The van der Waals surface area contributed by atoms with Crippen molar-refractivity contribution in [2.75, 3.05) is 0 Å². The zero-order valence-corrected chi connectivity index (χ0v) is 13.0. The molecule has 21 heavy (non-hydrogen) atoms. The van der Waals surface area contributed by atoms with Crippen molar-refractivity contribution in [3.05, 3.63) is 28.1 Å². The lowest BCUT2D eigenvalue weighted by Crippen LogP contribution is -2.33. The average Bonchev–Trinajstić information content (AvgIpc) is 2.76. The minimum Gasteiger partial charge on any atom is -0.444 e. The van der Waals surface area contributed by atoms with E-state index in [1.807, 2.05) is 6.92 Å². The number of amides is 1. The van der Waals surface area contributed by atoms with Crippen molar-refractivity contribution in [3.8, 4) is 0 Å². The van der Waals surface area contributed by atoms with Crippen LogP contribution in [0.15, 0.2) is 0 Å². The summed E-state index contributed by atoms with van der Waals surface area (Å²) in [6.45, 7) is 9.28. The number of pyridine rings is 1. The molecule has 2 heterocycles. The fraction of sp³-hybridized carbons (Fsp3) is 0.600. The summed E-state index contributed by atoms with van der Waals surface area (Å²) in [5.41, 5.74) is 1.83. The molecule has 0 bridgehead atoms. The van der Waals surface area contributed by atoms with Crippen LogP contribution in [-0.2, 0) is 17.8 Å². The number of alkyl halides is 2. The van der Waals surface area contributed by atoms with Crippen LogP contribution < -0.4 is 0 Å². The van der Waals surface area contributed by atoms with Gasteiger partial charge in [-0.1, -0.05) is 0 Å². The predicted octanol–water partition coefficient (Wildman–Crippen LogP) is 3.89. The molecule has 0 saturated heterocycles. The van der Waals surface area contributed by atoms with Crippen molar-refractivity contribution in [1.29, 1.82) is 0 Å². The highest BCUT2D eigenvalue weighted by Crippen LogP contribution is 2.34. The Kier molecular flexibility index (Phi) is 3.91. The monoisotopic (exact) mass is 298 g/mol. The van der Waals surface area contributed by atoms with E-state index in [9.17, 15) is 13.6 Å². The first-order valence-corrected chi connectivity index (χ1v) is 6.85. The van der Waals surface area contributed by atoms with Crippen molar-refractivity contribution in [2.24, 2.45) is 0 Å². The van der Waals surface area contributed by atoms with E-state index in [2.05, 4.69) is 4.98 Å². The van der Waals surface area contributed by atoms with Crippen LogP contribution in [0.2, 0.25) is 0 Å². The Morgan fingerprint density at radius 3 is 2.33 bits per heavy atom. The van der Waals surface area contributed by atoms with E-state index >= 15 is 0 Å². The summed E-state index contributed by atoms with van der Waals surface area (Å²) >= 11 is 0. The van der Waals surface area contributed by atoms with Gasteiger partial charge < -0.3 is 4.74 Å².